The van der Waals surface area contributed by atoms with Crippen molar-refractivity contribution in [1.82, 2.24) is 19.8 Å². The van der Waals surface area contributed by atoms with E-state index < -0.39 is 9.84 Å². The van der Waals surface area contributed by atoms with Crippen LogP contribution in [0.25, 0.3) is 16.6 Å². The average molecular weight is 522 g/mol. The van der Waals surface area contributed by atoms with E-state index in [-0.39, 0.29) is 21.4 Å². The fourth-order valence-electron chi connectivity index (χ4n) is 3.46. The number of fused-ring (bicyclic) bond motifs is 3. The number of hydrogen-bond acceptors (Lipinski definition) is 7. The Labute approximate surface area is 197 Å². The Morgan fingerprint density at radius 1 is 0.970 bits per heavy atom. The third kappa shape index (κ3) is 3.77. The molecule has 0 atom stereocenters. The SMILES string of the molecule is CC(=O)c1ccc(Nc2nc3c(S(=O)(=O)c4ccc(Br)cc4)nnn3c3ccccc23)cc1. The first-order chi connectivity index (χ1) is 15.8. The minimum absolute atomic E-state index is 0.0281. The number of benzene rings is 3. The molecule has 2 aromatic heterocycles. The van der Waals surface area contributed by atoms with Crippen LogP contribution in [0.3, 0.4) is 0 Å². The second kappa shape index (κ2) is 8.05. The van der Waals surface area contributed by atoms with E-state index in [0.717, 1.165) is 9.86 Å². The number of rotatable bonds is 5. The minimum Gasteiger partial charge on any atom is -0.340 e. The van der Waals surface area contributed by atoms with Crippen molar-refractivity contribution in [3.8, 4) is 0 Å². The van der Waals surface area contributed by atoms with Gasteiger partial charge in [-0.2, -0.15) is 4.52 Å². The van der Waals surface area contributed by atoms with Crippen molar-refractivity contribution in [2.24, 2.45) is 0 Å². The van der Waals surface area contributed by atoms with Crippen LogP contribution in [-0.4, -0.2) is 34.0 Å². The summed E-state index contributed by atoms with van der Waals surface area (Å²) in [5, 5.41) is 11.8. The molecule has 0 aliphatic carbocycles. The Balaban J connectivity index is 1.68. The molecule has 0 bridgehead atoms. The number of para-hydroxylation sites is 1. The normalized spacial score (nSPS) is 11.7. The standard InChI is InChI=1S/C23H16BrN5O3S/c1-14(30)15-6-10-17(11-7-15)25-21-19-4-2-3-5-20(19)29-22(26-21)23(27-28-29)33(31,32)18-12-8-16(24)9-13-18/h2-13H,1H3,(H,25,26). The molecular formula is C23H16BrN5O3S. The van der Waals surface area contributed by atoms with Gasteiger partial charge < -0.3 is 5.32 Å². The number of aromatic nitrogens is 4. The van der Waals surface area contributed by atoms with E-state index in [1.807, 2.05) is 24.3 Å². The van der Waals surface area contributed by atoms with Crippen molar-refractivity contribution < 1.29 is 13.2 Å². The lowest BCUT2D eigenvalue weighted by Gasteiger charge is -2.11. The first-order valence-corrected chi connectivity index (χ1v) is 12.1. The zero-order chi connectivity index (χ0) is 23.2. The molecule has 0 radical (unpaired) electrons. The molecule has 1 N–H and O–H groups in total. The van der Waals surface area contributed by atoms with Gasteiger partial charge in [-0.3, -0.25) is 4.79 Å². The third-order valence-corrected chi connectivity index (χ3v) is 7.35. The molecule has 8 nitrogen and oxygen atoms in total. The molecular weight excluding hydrogens is 506 g/mol. The summed E-state index contributed by atoms with van der Waals surface area (Å²) >= 11 is 3.31. The van der Waals surface area contributed by atoms with Crippen molar-refractivity contribution in [2.45, 2.75) is 16.8 Å². The van der Waals surface area contributed by atoms with Crippen molar-refractivity contribution in [3.63, 3.8) is 0 Å². The van der Waals surface area contributed by atoms with Gasteiger partial charge in [0.15, 0.2) is 11.4 Å². The summed E-state index contributed by atoms with van der Waals surface area (Å²) in [4.78, 5) is 16.3. The largest absolute Gasteiger partial charge is 0.340 e. The molecule has 33 heavy (non-hydrogen) atoms. The lowest BCUT2D eigenvalue weighted by atomic mass is 10.1. The highest BCUT2D eigenvalue weighted by Gasteiger charge is 2.27. The highest BCUT2D eigenvalue weighted by molar-refractivity contribution is 9.10. The molecule has 164 valence electrons. The van der Waals surface area contributed by atoms with Crippen molar-refractivity contribution in [2.75, 3.05) is 5.32 Å². The fourth-order valence-corrected chi connectivity index (χ4v) is 4.96. The molecule has 2 heterocycles. The number of nitrogens with one attached hydrogen (secondary N) is 1. The van der Waals surface area contributed by atoms with Crippen LogP contribution in [0, 0.1) is 0 Å². The van der Waals surface area contributed by atoms with Crippen molar-refractivity contribution in [3.05, 3.63) is 82.8 Å². The zero-order valence-corrected chi connectivity index (χ0v) is 19.6. The lowest BCUT2D eigenvalue weighted by Crippen LogP contribution is -2.05. The quantitative estimate of drug-likeness (QED) is 0.330. The number of carbonyl (C=O) groups excluding carboxylic acids is 1. The van der Waals surface area contributed by atoms with Gasteiger partial charge in [-0.25, -0.2) is 13.4 Å². The van der Waals surface area contributed by atoms with Gasteiger partial charge in [-0.05, 0) is 67.6 Å². The molecule has 0 fully saturated rings. The number of anilines is 2. The summed E-state index contributed by atoms with van der Waals surface area (Å²) in [5.74, 6) is 0.419. The Hall–Kier alpha value is -3.63. The van der Waals surface area contributed by atoms with E-state index >= 15 is 0 Å². The molecule has 0 amide bonds. The highest BCUT2D eigenvalue weighted by Crippen LogP contribution is 2.30. The van der Waals surface area contributed by atoms with E-state index in [4.69, 9.17) is 0 Å². The molecule has 5 rings (SSSR count). The third-order valence-electron chi connectivity index (χ3n) is 5.15. The Kier molecular flexibility index (Phi) is 5.18. The smallest absolute Gasteiger partial charge is 0.229 e. The van der Waals surface area contributed by atoms with Crippen molar-refractivity contribution >= 4 is 59.6 Å². The Bertz CT molecular complexity index is 1630. The van der Waals surface area contributed by atoms with Crippen LogP contribution < -0.4 is 5.32 Å². The molecule has 0 saturated carbocycles. The van der Waals surface area contributed by atoms with Crippen LogP contribution >= 0.6 is 15.9 Å². The molecule has 0 unspecified atom stereocenters. The highest BCUT2D eigenvalue weighted by atomic mass is 79.9. The van der Waals surface area contributed by atoms with E-state index in [9.17, 15) is 13.2 Å². The summed E-state index contributed by atoms with van der Waals surface area (Å²) in [7, 11) is -3.96. The number of Topliss-reactive ketones (excluding diaryl/α,β-unsaturated/α-hetero) is 1. The maximum Gasteiger partial charge on any atom is 0.229 e. The maximum atomic E-state index is 13.3. The minimum atomic E-state index is -3.96. The van der Waals surface area contributed by atoms with Crippen molar-refractivity contribution in [1.29, 1.82) is 0 Å². The number of nitrogens with zero attached hydrogens (tertiary/aromatic N) is 4. The van der Waals surface area contributed by atoms with Crippen LogP contribution in [0.2, 0.25) is 0 Å². The molecule has 0 aliphatic heterocycles. The van der Waals surface area contributed by atoms with E-state index in [1.54, 1.807) is 36.4 Å². The van der Waals surface area contributed by atoms with Gasteiger partial charge in [0.2, 0.25) is 14.9 Å². The lowest BCUT2D eigenvalue weighted by molar-refractivity contribution is 0.101. The molecule has 10 heteroatoms. The predicted octanol–water partition coefficient (Wildman–Crippen LogP) is 4.82. The van der Waals surface area contributed by atoms with Gasteiger partial charge in [0.05, 0.1) is 10.4 Å². The van der Waals surface area contributed by atoms with Gasteiger partial charge in [0.1, 0.15) is 5.82 Å². The van der Waals surface area contributed by atoms with Gasteiger partial charge in [0.25, 0.3) is 0 Å². The fraction of sp³-hybridized carbons (Fsp3) is 0.0435. The van der Waals surface area contributed by atoms with Gasteiger partial charge in [0, 0.05) is 21.1 Å². The first-order valence-electron chi connectivity index (χ1n) is 9.87. The summed E-state index contributed by atoms with van der Waals surface area (Å²) < 4.78 is 28.8. The Morgan fingerprint density at radius 3 is 2.36 bits per heavy atom. The topological polar surface area (TPSA) is 106 Å². The van der Waals surface area contributed by atoms with Gasteiger partial charge >= 0.3 is 0 Å². The molecule has 0 aliphatic rings. The Morgan fingerprint density at radius 2 is 1.67 bits per heavy atom. The summed E-state index contributed by atoms with van der Waals surface area (Å²) in [6.07, 6.45) is 0. The predicted molar refractivity (Wildman–Crippen MR) is 128 cm³/mol. The van der Waals surface area contributed by atoms with Crippen LogP contribution in [-0.2, 0) is 9.84 Å². The monoisotopic (exact) mass is 521 g/mol. The number of carbonyl (C=O) groups is 1. The maximum absolute atomic E-state index is 13.3. The molecule has 5 aromatic rings. The van der Waals surface area contributed by atoms with E-state index in [2.05, 4.69) is 36.5 Å². The average Bonchev–Trinajstić information content (AvgIpc) is 3.25. The first kappa shape index (κ1) is 21.2. The number of halogens is 1. The summed E-state index contributed by atoms with van der Waals surface area (Å²) in [6, 6.07) is 20.6. The summed E-state index contributed by atoms with van der Waals surface area (Å²) in [5.41, 5.74) is 2.05. The van der Waals surface area contributed by atoms with Crippen LogP contribution in [0.5, 0.6) is 0 Å². The zero-order valence-electron chi connectivity index (χ0n) is 17.2. The van der Waals surface area contributed by atoms with E-state index in [0.29, 0.717) is 22.6 Å². The molecule has 0 spiro atoms. The molecule has 3 aromatic carbocycles. The number of sulfone groups is 1. The van der Waals surface area contributed by atoms with Crippen LogP contribution in [0.4, 0.5) is 11.5 Å². The van der Waals surface area contributed by atoms with Crippen LogP contribution in [0.15, 0.2) is 87.2 Å². The number of hydrogen-bond donors (Lipinski definition) is 1. The number of ketones is 1. The summed E-state index contributed by atoms with van der Waals surface area (Å²) in [6.45, 7) is 1.51. The van der Waals surface area contributed by atoms with Gasteiger partial charge in [-0.1, -0.05) is 33.3 Å². The molecule has 0 saturated heterocycles. The second-order valence-corrected chi connectivity index (χ2v) is 10.1. The van der Waals surface area contributed by atoms with E-state index in [1.165, 1.54) is 23.6 Å². The second-order valence-electron chi connectivity index (χ2n) is 7.32. The van der Waals surface area contributed by atoms with Crippen LogP contribution in [0.1, 0.15) is 17.3 Å². The van der Waals surface area contributed by atoms with Gasteiger partial charge in [-0.15, -0.1) is 5.10 Å².